The first-order valence-electron chi connectivity index (χ1n) is 10.5. The highest BCUT2D eigenvalue weighted by Gasteiger charge is 2.78. The van der Waals surface area contributed by atoms with E-state index in [-0.39, 0.29) is 30.2 Å². The Kier molecular flexibility index (Phi) is 4.70. The third-order valence-corrected chi connectivity index (χ3v) is 8.60. The predicted octanol–water partition coefficient (Wildman–Crippen LogP) is 3.39. The van der Waals surface area contributed by atoms with Crippen LogP contribution in [0.15, 0.2) is 22.9 Å². The molecule has 5 rings (SSSR count). The highest BCUT2D eigenvalue weighted by Crippen LogP contribution is 2.80. The summed E-state index contributed by atoms with van der Waals surface area (Å²) in [4.78, 5) is 29.4. The molecular formula is C21H24BrF2N3O3. The van der Waals surface area contributed by atoms with Crippen molar-refractivity contribution < 1.29 is 23.5 Å². The van der Waals surface area contributed by atoms with Gasteiger partial charge in [0, 0.05) is 5.92 Å². The lowest BCUT2D eigenvalue weighted by Gasteiger charge is -2.34. The number of piperidine rings is 1. The standard InChI is InChI=1S/C21H24BrF2N3O3/c22-15-4-1-10(8-26-15)27-18(28)16-12-2-3-13(17(16)19(29)30)20(12)7-14(20)11-5-6-25-9-21(11,23)24/h1,4,8,11-14,16-17,25H,2-3,5-7,9H2,(H,27,28)(H,29,30)/t11?,12-,13+,14?,16+,17+,20?/m0/s1. The van der Waals surface area contributed by atoms with E-state index in [1.54, 1.807) is 12.1 Å². The summed E-state index contributed by atoms with van der Waals surface area (Å²) in [7, 11) is 0. The number of aliphatic carboxylic acids is 1. The van der Waals surface area contributed by atoms with Gasteiger partial charge in [-0.05, 0) is 83.5 Å². The van der Waals surface area contributed by atoms with Gasteiger partial charge in [-0.15, -0.1) is 0 Å². The number of hydrogen-bond acceptors (Lipinski definition) is 4. The molecule has 1 aromatic rings. The first-order valence-corrected chi connectivity index (χ1v) is 11.3. The number of carboxylic acids is 1. The number of aromatic nitrogens is 1. The van der Waals surface area contributed by atoms with Crippen molar-refractivity contribution in [1.29, 1.82) is 0 Å². The summed E-state index contributed by atoms with van der Waals surface area (Å²) in [5.74, 6) is -6.88. The summed E-state index contributed by atoms with van der Waals surface area (Å²) in [6, 6.07) is 3.39. The second-order valence-corrected chi connectivity index (χ2v) is 10.1. The zero-order valence-electron chi connectivity index (χ0n) is 16.3. The van der Waals surface area contributed by atoms with Gasteiger partial charge in [-0.2, -0.15) is 0 Å². The van der Waals surface area contributed by atoms with Gasteiger partial charge >= 0.3 is 5.97 Å². The summed E-state index contributed by atoms with van der Waals surface area (Å²) in [6.45, 7) is 0.243. The number of rotatable bonds is 4. The third-order valence-electron chi connectivity index (χ3n) is 8.13. The SMILES string of the molecule is O=C(O)[C@H]1[C@H](C(=O)Nc2ccc(Br)nc2)[C@@H]2CC[C@H]1C21CC1C1CCNCC1(F)F. The zero-order valence-corrected chi connectivity index (χ0v) is 17.9. The minimum Gasteiger partial charge on any atom is -0.481 e. The van der Waals surface area contributed by atoms with Crippen LogP contribution in [-0.4, -0.2) is 41.0 Å². The number of hydrogen-bond donors (Lipinski definition) is 3. The van der Waals surface area contributed by atoms with Gasteiger partial charge in [-0.25, -0.2) is 13.8 Å². The van der Waals surface area contributed by atoms with E-state index in [1.807, 2.05) is 0 Å². The molecule has 9 heteroatoms. The topological polar surface area (TPSA) is 91.3 Å². The average molecular weight is 484 g/mol. The Morgan fingerprint density at radius 1 is 1.13 bits per heavy atom. The van der Waals surface area contributed by atoms with Crippen molar-refractivity contribution in [3.63, 3.8) is 0 Å². The first-order chi connectivity index (χ1) is 14.3. The molecule has 3 N–H and O–H groups in total. The number of carbonyl (C=O) groups is 2. The average Bonchev–Trinajstić information content (AvgIpc) is 3.24. The molecule has 4 aliphatic rings. The predicted molar refractivity (Wildman–Crippen MR) is 108 cm³/mol. The number of halogens is 3. The molecule has 3 aliphatic carbocycles. The molecule has 4 fully saturated rings. The van der Waals surface area contributed by atoms with Crippen molar-refractivity contribution in [2.45, 2.75) is 31.6 Å². The number of carbonyl (C=O) groups excluding carboxylic acids is 1. The molecule has 0 aromatic carbocycles. The van der Waals surface area contributed by atoms with Crippen molar-refractivity contribution in [2.75, 3.05) is 18.4 Å². The van der Waals surface area contributed by atoms with Crippen LogP contribution in [0.3, 0.4) is 0 Å². The van der Waals surface area contributed by atoms with Crippen LogP contribution in [0, 0.1) is 40.9 Å². The maximum absolute atomic E-state index is 14.6. The van der Waals surface area contributed by atoms with Crippen LogP contribution in [0.1, 0.15) is 25.7 Å². The van der Waals surface area contributed by atoms with Gasteiger partial charge in [0.15, 0.2) is 0 Å². The molecular weight excluding hydrogens is 460 g/mol. The quantitative estimate of drug-likeness (QED) is 0.571. The van der Waals surface area contributed by atoms with E-state index in [0.29, 0.717) is 36.1 Å². The molecule has 162 valence electrons. The molecule has 7 atom stereocenters. The number of nitrogens with one attached hydrogen (secondary N) is 2. The van der Waals surface area contributed by atoms with E-state index in [1.165, 1.54) is 6.20 Å². The van der Waals surface area contributed by atoms with Gasteiger partial charge in [-0.1, -0.05) is 0 Å². The Balaban J connectivity index is 1.42. The Labute approximate surface area is 181 Å². The Morgan fingerprint density at radius 3 is 2.50 bits per heavy atom. The van der Waals surface area contributed by atoms with Crippen molar-refractivity contribution in [3.05, 3.63) is 22.9 Å². The van der Waals surface area contributed by atoms with Gasteiger partial charge in [0.05, 0.1) is 30.3 Å². The molecule has 2 bridgehead atoms. The lowest BCUT2D eigenvalue weighted by molar-refractivity contribution is -0.148. The molecule has 3 unspecified atom stereocenters. The van der Waals surface area contributed by atoms with Crippen LogP contribution in [0.5, 0.6) is 0 Å². The maximum atomic E-state index is 14.6. The van der Waals surface area contributed by atoms with Crippen LogP contribution < -0.4 is 10.6 Å². The Bertz CT molecular complexity index is 883. The van der Waals surface area contributed by atoms with Crippen molar-refractivity contribution in [2.24, 2.45) is 40.9 Å². The van der Waals surface area contributed by atoms with Crippen LogP contribution in [-0.2, 0) is 9.59 Å². The summed E-state index contributed by atoms with van der Waals surface area (Å²) < 4.78 is 29.9. The van der Waals surface area contributed by atoms with E-state index >= 15 is 0 Å². The van der Waals surface area contributed by atoms with Gasteiger partial charge in [0.2, 0.25) is 5.91 Å². The van der Waals surface area contributed by atoms with Gasteiger partial charge in [-0.3, -0.25) is 9.59 Å². The lowest BCUT2D eigenvalue weighted by Crippen LogP contribution is -2.47. The summed E-state index contributed by atoms with van der Waals surface area (Å²) in [5.41, 5.74) is 0.0791. The van der Waals surface area contributed by atoms with E-state index in [4.69, 9.17) is 0 Å². The lowest BCUT2D eigenvalue weighted by atomic mass is 9.78. The van der Waals surface area contributed by atoms with Crippen molar-refractivity contribution in [1.82, 2.24) is 10.3 Å². The van der Waals surface area contributed by atoms with Crippen LogP contribution >= 0.6 is 15.9 Å². The largest absolute Gasteiger partial charge is 0.481 e. The van der Waals surface area contributed by atoms with Gasteiger partial charge < -0.3 is 15.7 Å². The Morgan fingerprint density at radius 2 is 1.87 bits per heavy atom. The van der Waals surface area contributed by atoms with E-state index in [2.05, 4.69) is 31.5 Å². The number of nitrogens with zero attached hydrogens (tertiary/aromatic N) is 1. The fourth-order valence-electron chi connectivity index (χ4n) is 7.09. The van der Waals surface area contributed by atoms with Gasteiger partial charge in [0.25, 0.3) is 5.92 Å². The van der Waals surface area contributed by atoms with E-state index in [0.717, 1.165) is 6.42 Å². The van der Waals surface area contributed by atoms with Crippen LogP contribution in [0.2, 0.25) is 0 Å². The third kappa shape index (κ3) is 2.92. The highest BCUT2D eigenvalue weighted by molar-refractivity contribution is 9.10. The molecule has 6 nitrogen and oxygen atoms in total. The molecule has 3 saturated carbocycles. The number of amides is 1. The summed E-state index contributed by atoms with van der Waals surface area (Å²) in [5, 5.41) is 15.5. The first kappa shape index (κ1) is 20.3. The second-order valence-electron chi connectivity index (χ2n) is 9.29. The molecule has 2 heterocycles. The fraction of sp³-hybridized carbons (Fsp3) is 0.667. The van der Waals surface area contributed by atoms with Crippen molar-refractivity contribution in [3.8, 4) is 0 Å². The smallest absolute Gasteiger partial charge is 0.307 e. The molecule has 1 saturated heterocycles. The molecule has 1 aromatic heterocycles. The Hall–Kier alpha value is -1.61. The number of pyridine rings is 1. The minimum absolute atomic E-state index is 0.150. The number of carboxylic acid groups (broad SMARTS) is 1. The van der Waals surface area contributed by atoms with E-state index in [9.17, 15) is 23.5 Å². The van der Waals surface area contributed by atoms with Crippen LogP contribution in [0.4, 0.5) is 14.5 Å². The monoisotopic (exact) mass is 483 g/mol. The molecule has 1 aliphatic heterocycles. The van der Waals surface area contributed by atoms with E-state index < -0.39 is 35.1 Å². The summed E-state index contributed by atoms with van der Waals surface area (Å²) in [6.07, 6.45) is 3.97. The molecule has 1 amide bonds. The number of anilines is 1. The zero-order chi connectivity index (χ0) is 21.3. The second kappa shape index (κ2) is 6.95. The molecule has 30 heavy (non-hydrogen) atoms. The maximum Gasteiger partial charge on any atom is 0.307 e. The fourth-order valence-corrected chi connectivity index (χ4v) is 7.32. The number of alkyl halides is 2. The van der Waals surface area contributed by atoms with Crippen LogP contribution in [0.25, 0.3) is 0 Å². The van der Waals surface area contributed by atoms with Gasteiger partial charge in [0.1, 0.15) is 4.60 Å². The summed E-state index contributed by atoms with van der Waals surface area (Å²) >= 11 is 3.24. The molecule has 1 spiro atoms. The normalized spacial score (nSPS) is 41.0. The highest BCUT2D eigenvalue weighted by atomic mass is 79.9. The molecule has 0 radical (unpaired) electrons. The van der Waals surface area contributed by atoms with Crippen molar-refractivity contribution >= 4 is 33.5 Å². The minimum atomic E-state index is -2.78.